The minimum absolute atomic E-state index is 1.19. The van der Waals surface area contributed by atoms with Crippen molar-refractivity contribution in [3.63, 3.8) is 0 Å². The van der Waals surface area contributed by atoms with Gasteiger partial charge in [-0.05, 0) is 98.4 Å². The predicted molar refractivity (Wildman–Crippen MR) is 228 cm³/mol. The van der Waals surface area contributed by atoms with Crippen LogP contribution in [0.25, 0.3) is 88.4 Å². The molecule has 8 aromatic carbocycles. The number of para-hydroxylation sites is 4. The summed E-state index contributed by atoms with van der Waals surface area (Å²) in [6.07, 6.45) is 0. The van der Waals surface area contributed by atoms with E-state index in [0.717, 1.165) is 0 Å². The van der Waals surface area contributed by atoms with Gasteiger partial charge in [0.2, 0.25) is 0 Å². The van der Waals surface area contributed by atoms with Crippen molar-refractivity contribution < 1.29 is 0 Å². The molecule has 3 heterocycles. The van der Waals surface area contributed by atoms with Gasteiger partial charge in [-0.2, -0.15) is 0 Å². The summed E-state index contributed by atoms with van der Waals surface area (Å²) in [6.45, 7) is 5.06. The van der Waals surface area contributed by atoms with Gasteiger partial charge in [-0.15, -0.1) is 0 Å². The number of hydrogen-bond acceptors (Lipinski definition) is 0. The molecule has 10 aromatic rings. The summed E-state index contributed by atoms with van der Waals surface area (Å²) in [5.41, 5.74) is 15.2. The second kappa shape index (κ2) is 11.3. The van der Waals surface area contributed by atoms with Crippen LogP contribution in [0.3, 0.4) is 0 Å². The Kier molecular flexibility index (Phi) is 6.44. The van der Waals surface area contributed by atoms with Gasteiger partial charge in [0.25, 0.3) is 0 Å². The van der Waals surface area contributed by atoms with Gasteiger partial charge in [-0.3, -0.25) is 0 Å². The van der Waals surface area contributed by atoms with Gasteiger partial charge in [0.1, 0.15) is 8.07 Å². The molecule has 0 unspecified atom stereocenters. The molecule has 0 saturated heterocycles. The molecule has 3 heteroatoms. The van der Waals surface area contributed by atoms with E-state index < -0.39 is 8.07 Å². The van der Waals surface area contributed by atoms with Crippen LogP contribution in [-0.2, 0) is 0 Å². The van der Waals surface area contributed by atoms with Crippen molar-refractivity contribution in [3.8, 4) is 44.8 Å². The number of fused-ring (bicyclic) bond motifs is 9. The lowest BCUT2D eigenvalue weighted by molar-refractivity contribution is 1.18. The molecule has 2 aromatic heterocycles. The summed E-state index contributed by atoms with van der Waals surface area (Å²) >= 11 is 0. The van der Waals surface area contributed by atoms with Crippen molar-refractivity contribution in [2.75, 3.05) is 0 Å². The first kappa shape index (κ1) is 30.2. The fourth-order valence-corrected chi connectivity index (χ4v) is 12.3. The molecule has 0 bridgehead atoms. The van der Waals surface area contributed by atoms with Crippen LogP contribution in [0.2, 0.25) is 13.1 Å². The second-order valence-corrected chi connectivity index (χ2v) is 19.3. The summed E-state index contributed by atoms with van der Waals surface area (Å²) in [5.74, 6) is 0. The van der Waals surface area contributed by atoms with Gasteiger partial charge in [-0.1, -0.05) is 140 Å². The standard InChI is InChI=1S/C50H36N2Si/c1-53(2)48-31-34(33-26-29-46-43(30-33)39-18-9-11-21-44(39)51(46)36-14-5-3-6-15-36)24-27-40(48)41-28-25-35(32-49(41)53)38-20-13-23-47-50(38)42-19-10-12-22-45(42)52(47)37-16-7-4-8-17-37/h3-32H,1-2H3. The van der Waals surface area contributed by atoms with Gasteiger partial charge >= 0.3 is 0 Å². The van der Waals surface area contributed by atoms with Crippen LogP contribution in [0.5, 0.6) is 0 Å². The predicted octanol–water partition coefficient (Wildman–Crippen LogP) is 12.0. The first-order valence-corrected chi connectivity index (χ1v) is 21.5. The van der Waals surface area contributed by atoms with Crippen molar-refractivity contribution in [1.82, 2.24) is 9.13 Å². The van der Waals surface area contributed by atoms with Crippen molar-refractivity contribution in [3.05, 3.63) is 182 Å². The number of nitrogens with zero attached hydrogens (tertiary/aromatic N) is 2. The monoisotopic (exact) mass is 692 g/mol. The maximum atomic E-state index is 2.53. The molecule has 0 fully saturated rings. The zero-order valence-electron chi connectivity index (χ0n) is 29.7. The molecule has 1 aliphatic heterocycles. The highest BCUT2D eigenvalue weighted by Crippen LogP contribution is 2.41. The molecular weight excluding hydrogens is 657 g/mol. The van der Waals surface area contributed by atoms with Crippen LogP contribution in [0.4, 0.5) is 0 Å². The fourth-order valence-electron chi connectivity index (χ4n) is 9.21. The summed E-state index contributed by atoms with van der Waals surface area (Å²) in [7, 11) is -2.03. The molecule has 250 valence electrons. The van der Waals surface area contributed by atoms with Crippen LogP contribution in [0.15, 0.2) is 182 Å². The molecule has 53 heavy (non-hydrogen) atoms. The zero-order valence-corrected chi connectivity index (χ0v) is 30.7. The third-order valence-electron chi connectivity index (χ3n) is 11.7. The van der Waals surface area contributed by atoms with E-state index in [1.807, 2.05) is 0 Å². The highest BCUT2D eigenvalue weighted by Gasteiger charge is 2.38. The molecule has 0 amide bonds. The number of rotatable bonds is 4. The maximum absolute atomic E-state index is 2.53. The van der Waals surface area contributed by atoms with Crippen LogP contribution in [-0.4, -0.2) is 17.2 Å². The van der Waals surface area contributed by atoms with Crippen LogP contribution < -0.4 is 10.4 Å². The minimum atomic E-state index is -2.03. The van der Waals surface area contributed by atoms with Crippen LogP contribution in [0.1, 0.15) is 0 Å². The first-order valence-electron chi connectivity index (χ1n) is 18.5. The highest BCUT2D eigenvalue weighted by molar-refractivity contribution is 7.03. The van der Waals surface area contributed by atoms with Gasteiger partial charge < -0.3 is 9.13 Å². The van der Waals surface area contributed by atoms with E-state index in [0.29, 0.717) is 0 Å². The fraction of sp³-hybridized carbons (Fsp3) is 0.0400. The lowest BCUT2D eigenvalue weighted by Gasteiger charge is -2.20. The van der Waals surface area contributed by atoms with Crippen molar-refractivity contribution in [2.45, 2.75) is 13.1 Å². The van der Waals surface area contributed by atoms with Crippen molar-refractivity contribution in [1.29, 1.82) is 0 Å². The Bertz CT molecular complexity index is 3070. The van der Waals surface area contributed by atoms with Crippen LogP contribution >= 0.6 is 0 Å². The van der Waals surface area contributed by atoms with Gasteiger partial charge in [-0.25, -0.2) is 0 Å². The molecule has 0 atom stereocenters. The molecule has 0 spiro atoms. The average molecular weight is 693 g/mol. The SMILES string of the molecule is C[Si]1(C)c2cc(-c3ccc4c(c3)c3ccccc3n4-c3ccccc3)ccc2-c2ccc(-c3cccc4c3c3ccccc3n4-c3ccccc3)cc21. The van der Waals surface area contributed by atoms with E-state index >= 15 is 0 Å². The van der Waals surface area contributed by atoms with Gasteiger partial charge in [0.05, 0.1) is 22.1 Å². The average Bonchev–Trinajstić information content (AvgIpc) is 3.81. The first-order chi connectivity index (χ1) is 26.1. The van der Waals surface area contributed by atoms with E-state index in [9.17, 15) is 0 Å². The summed E-state index contributed by atoms with van der Waals surface area (Å²) < 4.78 is 4.80. The Morgan fingerprint density at radius 3 is 1.53 bits per heavy atom. The molecule has 0 aliphatic carbocycles. The normalized spacial score (nSPS) is 13.2. The number of benzene rings is 8. The third-order valence-corrected chi connectivity index (χ3v) is 15.2. The molecule has 0 saturated carbocycles. The van der Waals surface area contributed by atoms with E-state index in [1.54, 1.807) is 0 Å². The minimum Gasteiger partial charge on any atom is -0.309 e. The topological polar surface area (TPSA) is 9.86 Å². The molecule has 2 nitrogen and oxygen atoms in total. The van der Waals surface area contributed by atoms with Gasteiger partial charge in [0.15, 0.2) is 0 Å². The quantitative estimate of drug-likeness (QED) is 0.163. The molecule has 0 radical (unpaired) electrons. The van der Waals surface area contributed by atoms with Crippen LogP contribution in [0, 0.1) is 0 Å². The maximum Gasteiger partial charge on any atom is 0.113 e. The van der Waals surface area contributed by atoms with Crippen molar-refractivity contribution in [2.24, 2.45) is 0 Å². The molecule has 11 rings (SSSR count). The van der Waals surface area contributed by atoms with E-state index in [1.165, 1.54) is 98.7 Å². The summed E-state index contributed by atoms with van der Waals surface area (Å²) in [5, 5.41) is 8.21. The van der Waals surface area contributed by atoms with E-state index in [4.69, 9.17) is 0 Å². The number of aromatic nitrogens is 2. The Hall–Kier alpha value is -6.42. The zero-order chi connectivity index (χ0) is 35.3. The lowest BCUT2D eigenvalue weighted by atomic mass is 9.96. The molecule has 1 aliphatic rings. The highest BCUT2D eigenvalue weighted by atomic mass is 28.3. The number of hydrogen-bond donors (Lipinski definition) is 0. The van der Waals surface area contributed by atoms with Crippen molar-refractivity contribution >= 4 is 62.1 Å². The summed E-state index contributed by atoms with van der Waals surface area (Å²) in [4.78, 5) is 0. The third kappa shape index (κ3) is 4.38. The second-order valence-electron chi connectivity index (χ2n) is 15.0. The Labute approximate surface area is 309 Å². The van der Waals surface area contributed by atoms with Gasteiger partial charge in [0, 0.05) is 32.9 Å². The molecular formula is C50H36N2Si. The van der Waals surface area contributed by atoms with E-state index in [2.05, 4.69) is 204 Å². The summed E-state index contributed by atoms with van der Waals surface area (Å²) in [6, 6.07) is 67.4. The largest absolute Gasteiger partial charge is 0.309 e. The Balaban J connectivity index is 1.03. The lowest BCUT2D eigenvalue weighted by Crippen LogP contribution is -2.49. The molecule has 0 N–H and O–H groups in total. The Morgan fingerprint density at radius 2 is 0.830 bits per heavy atom. The Morgan fingerprint density at radius 1 is 0.340 bits per heavy atom. The smallest absolute Gasteiger partial charge is 0.113 e. The van der Waals surface area contributed by atoms with E-state index in [-0.39, 0.29) is 0 Å².